The molecule has 5 heteroatoms. The van der Waals surface area contributed by atoms with E-state index in [9.17, 15) is 0 Å². The van der Waals surface area contributed by atoms with Gasteiger partial charge in [0.05, 0.1) is 19.0 Å². The lowest BCUT2D eigenvalue weighted by molar-refractivity contribution is 0.120. The molecule has 1 rings (SSSR count). The molecule has 0 bridgehead atoms. The van der Waals surface area contributed by atoms with Gasteiger partial charge in [-0.2, -0.15) is 5.10 Å². The van der Waals surface area contributed by atoms with E-state index < -0.39 is 0 Å². The Morgan fingerprint density at radius 1 is 1.50 bits per heavy atom. The highest BCUT2D eigenvalue weighted by atomic mass is 35.5. The van der Waals surface area contributed by atoms with Crippen LogP contribution in [0.15, 0.2) is 6.33 Å². The zero-order valence-electron chi connectivity index (χ0n) is 8.45. The van der Waals surface area contributed by atoms with Crippen molar-refractivity contribution in [3.05, 3.63) is 12.2 Å². The van der Waals surface area contributed by atoms with E-state index in [0.717, 1.165) is 31.8 Å². The fraction of sp³-hybridized carbons (Fsp3) is 0.778. The second kappa shape index (κ2) is 6.79. The highest BCUT2D eigenvalue weighted by molar-refractivity contribution is 6.16. The molecule has 0 saturated heterocycles. The number of rotatable bonds is 7. The molecule has 1 heterocycles. The van der Waals surface area contributed by atoms with Gasteiger partial charge in [0.25, 0.3) is 0 Å². The van der Waals surface area contributed by atoms with Gasteiger partial charge < -0.3 is 4.74 Å². The summed E-state index contributed by atoms with van der Waals surface area (Å²) in [6.07, 6.45) is 3.79. The molecular formula is C9H16ClN3O. The summed E-state index contributed by atoms with van der Waals surface area (Å²) >= 11 is 5.67. The lowest BCUT2D eigenvalue weighted by Gasteiger charge is -2.04. The molecule has 0 radical (unpaired) electrons. The third-order valence-corrected chi connectivity index (χ3v) is 2.14. The smallest absolute Gasteiger partial charge is 0.141 e. The van der Waals surface area contributed by atoms with Crippen LogP contribution in [0.25, 0.3) is 0 Å². The minimum absolute atomic E-state index is 0.398. The molecule has 0 saturated carbocycles. The van der Waals surface area contributed by atoms with E-state index in [1.165, 1.54) is 6.33 Å². The molecule has 0 atom stereocenters. The lowest BCUT2D eigenvalue weighted by Crippen LogP contribution is -2.10. The van der Waals surface area contributed by atoms with Crippen molar-refractivity contribution >= 4 is 11.6 Å². The molecule has 0 spiro atoms. The molecule has 0 amide bonds. The van der Waals surface area contributed by atoms with E-state index in [4.69, 9.17) is 16.3 Å². The fourth-order valence-electron chi connectivity index (χ4n) is 1.08. The minimum Gasteiger partial charge on any atom is -0.380 e. The van der Waals surface area contributed by atoms with Crippen molar-refractivity contribution in [3.63, 3.8) is 0 Å². The summed E-state index contributed by atoms with van der Waals surface area (Å²) in [6, 6.07) is 0. The van der Waals surface area contributed by atoms with Crippen LogP contribution in [-0.2, 0) is 17.2 Å². The van der Waals surface area contributed by atoms with Crippen LogP contribution in [0.5, 0.6) is 0 Å². The quantitative estimate of drug-likeness (QED) is 0.517. The van der Waals surface area contributed by atoms with Crippen molar-refractivity contribution in [2.75, 3.05) is 13.2 Å². The summed E-state index contributed by atoms with van der Waals surface area (Å²) in [5, 5.41) is 4.05. The Morgan fingerprint density at radius 3 is 3.07 bits per heavy atom. The van der Waals surface area contributed by atoms with Gasteiger partial charge in [-0.15, -0.1) is 11.6 Å². The first-order valence-corrected chi connectivity index (χ1v) is 5.42. The molecule has 0 aliphatic heterocycles. The van der Waals surface area contributed by atoms with Crippen molar-refractivity contribution in [3.8, 4) is 0 Å². The van der Waals surface area contributed by atoms with Crippen molar-refractivity contribution in [2.45, 2.75) is 32.2 Å². The number of hydrogen-bond acceptors (Lipinski definition) is 3. The van der Waals surface area contributed by atoms with Gasteiger partial charge in [-0.1, -0.05) is 13.3 Å². The van der Waals surface area contributed by atoms with Crippen LogP contribution in [0.1, 0.15) is 25.6 Å². The first-order chi connectivity index (χ1) is 6.88. The summed E-state index contributed by atoms with van der Waals surface area (Å²) in [7, 11) is 0. The molecule has 14 heavy (non-hydrogen) atoms. The van der Waals surface area contributed by atoms with Crippen LogP contribution in [0.3, 0.4) is 0 Å². The maximum atomic E-state index is 5.67. The average Bonchev–Trinajstić information content (AvgIpc) is 2.65. The topological polar surface area (TPSA) is 39.9 Å². The van der Waals surface area contributed by atoms with Gasteiger partial charge in [-0.3, -0.25) is 0 Å². The van der Waals surface area contributed by atoms with Crippen molar-refractivity contribution in [1.29, 1.82) is 0 Å². The molecule has 0 fully saturated rings. The normalized spacial score (nSPS) is 10.7. The van der Waals surface area contributed by atoms with Gasteiger partial charge >= 0.3 is 0 Å². The standard InChI is InChI=1S/C9H16ClN3O/c1-2-3-5-14-6-4-13-9(7-10)11-8-12-13/h8H,2-7H2,1H3. The van der Waals surface area contributed by atoms with Crippen LogP contribution >= 0.6 is 11.6 Å². The van der Waals surface area contributed by atoms with E-state index in [1.54, 1.807) is 4.68 Å². The summed E-state index contributed by atoms with van der Waals surface area (Å²) < 4.78 is 7.19. The zero-order valence-corrected chi connectivity index (χ0v) is 9.20. The molecule has 80 valence electrons. The predicted octanol–water partition coefficient (Wildman–Crippen LogP) is 1.83. The van der Waals surface area contributed by atoms with Crippen molar-refractivity contribution < 1.29 is 4.74 Å². The fourth-order valence-corrected chi connectivity index (χ4v) is 1.28. The molecule has 1 aromatic rings. The number of ether oxygens (including phenoxy) is 1. The van der Waals surface area contributed by atoms with Gasteiger partial charge in [-0.05, 0) is 6.42 Å². The van der Waals surface area contributed by atoms with Crippen LogP contribution in [-0.4, -0.2) is 28.0 Å². The Morgan fingerprint density at radius 2 is 2.36 bits per heavy atom. The van der Waals surface area contributed by atoms with E-state index >= 15 is 0 Å². The van der Waals surface area contributed by atoms with E-state index in [1.807, 2.05) is 0 Å². The van der Waals surface area contributed by atoms with E-state index in [-0.39, 0.29) is 0 Å². The zero-order chi connectivity index (χ0) is 10.2. The maximum Gasteiger partial charge on any atom is 0.141 e. The second-order valence-corrected chi connectivity index (χ2v) is 3.27. The van der Waals surface area contributed by atoms with Crippen LogP contribution < -0.4 is 0 Å². The number of nitrogens with zero attached hydrogens (tertiary/aromatic N) is 3. The average molecular weight is 218 g/mol. The third kappa shape index (κ3) is 3.64. The molecule has 1 aromatic heterocycles. The van der Waals surface area contributed by atoms with Crippen LogP contribution in [0, 0.1) is 0 Å². The number of alkyl halides is 1. The highest BCUT2D eigenvalue weighted by Gasteiger charge is 2.01. The Bertz CT molecular complexity index is 252. The Kier molecular flexibility index (Phi) is 5.56. The van der Waals surface area contributed by atoms with E-state index in [2.05, 4.69) is 17.0 Å². The predicted molar refractivity (Wildman–Crippen MR) is 55.3 cm³/mol. The maximum absolute atomic E-state index is 5.67. The summed E-state index contributed by atoms with van der Waals surface area (Å²) in [5.74, 6) is 1.19. The van der Waals surface area contributed by atoms with Gasteiger partial charge in [0.15, 0.2) is 0 Å². The summed E-state index contributed by atoms with van der Waals surface area (Å²) in [4.78, 5) is 4.01. The highest BCUT2D eigenvalue weighted by Crippen LogP contribution is 1.98. The van der Waals surface area contributed by atoms with Crippen molar-refractivity contribution in [1.82, 2.24) is 14.8 Å². The Balaban J connectivity index is 2.17. The van der Waals surface area contributed by atoms with Gasteiger partial charge in [0, 0.05) is 6.61 Å². The molecular weight excluding hydrogens is 202 g/mol. The van der Waals surface area contributed by atoms with Crippen LogP contribution in [0.4, 0.5) is 0 Å². The van der Waals surface area contributed by atoms with Crippen molar-refractivity contribution in [2.24, 2.45) is 0 Å². The first kappa shape index (κ1) is 11.5. The third-order valence-electron chi connectivity index (χ3n) is 1.90. The number of halogens is 1. The second-order valence-electron chi connectivity index (χ2n) is 3.00. The van der Waals surface area contributed by atoms with Gasteiger partial charge in [0.2, 0.25) is 0 Å². The molecule has 0 aliphatic rings. The molecule has 0 unspecified atom stereocenters. The van der Waals surface area contributed by atoms with Gasteiger partial charge in [0.1, 0.15) is 12.2 Å². The number of unbranched alkanes of at least 4 members (excludes halogenated alkanes) is 1. The summed E-state index contributed by atoms with van der Waals surface area (Å²) in [5.41, 5.74) is 0. The van der Waals surface area contributed by atoms with E-state index in [0.29, 0.717) is 12.5 Å². The van der Waals surface area contributed by atoms with Crippen LogP contribution in [0.2, 0.25) is 0 Å². The molecule has 0 N–H and O–H groups in total. The number of aromatic nitrogens is 3. The number of hydrogen-bond donors (Lipinski definition) is 0. The van der Waals surface area contributed by atoms with Gasteiger partial charge in [-0.25, -0.2) is 9.67 Å². The lowest BCUT2D eigenvalue weighted by atomic mass is 10.4. The summed E-state index contributed by atoms with van der Waals surface area (Å²) in [6.45, 7) is 4.37. The largest absolute Gasteiger partial charge is 0.380 e. The molecule has 0 aliphatic carbocycles. The Hall–Kier alpha value is -0.610. The molecule has 4 nitrogen and oxygen atoms in total. The SMILES string of the molecule is CCCCOCCn1ncnc1CCl. The monoisotopic (exact) mass is 217 g/mol. The first-order valence-electron chi connectivity index (χ1n) is 4.89. The molecule has 0 aromatic carbocycles. The Labute approximate surface area is 89.2 Å². The minimum atomic E-state index is 0.398.